The van der Waals surface area contributed by atoms with E-state index in [0.717, 1.165) is 6.08 Å². The maximum Gasteiger partial charge on any atom is 0.328 e. The van der Waals surface area contributed by atoms with Crippen molar-refractivity contribution in [1.29, 1.82) is 0 Å². The van der Waals surface area contributed by atoms with Crippen LogP contribution in [0.15, 0.2) is 42.7 Å². The summed E-state index contributed by atoms with van der Waals surface area (Å²) in [5, 5.41) is 12.5. The lowest BCUT2D eigenvalue weighted by Crippen LogP contribution is -2.09. The number of benzene rings is 1. The van der Waals surface area contributed by atoms with E-state index in [4.69, 9.17) is 9.84 Å². The van der Waals surface area contributed by atoms with Crippen molar-refractivity contribution in [1.82, 2.24) is 9.78 Å². The smallest absolute Gasteiger partial charge is 0.328 e. The van der Waals surface area contributed by atoms with Crippen molar-refractivity contribution in [3.8, 4) is 5.75 Å². The fourth-order valence-corrected chi connectivity index (χ4v) is 1.59. The minimum Gasteiger partial charge on any atom is -0.489 e. The molecule has 0 aliphatic carbocycles. The minimum absolute atomic E-state index is 0.129. The zero-order chi connectivity index (χ0) is 14.4. The molecule has 0 radical (unpaired) electrons. The molecule has 0 aliphatic heterocycles. The van der Waals surface area contributed by atoms with Crippen LogP contribution in [0.25, 0.3) is 6.08 Å². The molecule has 20 heavy (non-hydrogen) atoms. The number of rotatable bonds is 6. The Morgan fingerprint density at radius 3 is 3.00 bits per heavy atom. The van der Waals surface area contributed by atoms with Crippen molar-refractivity contribution in [3.63, 3.8) is 0 Å². The van der Waals surface area contributed by atoms with Crippen LogP contribution in [0.4, 0.5) is 4.39 Å². The quantitative estimate of drug-likeness (QED) is 0.821. The first-order valence-electron chi connectivity index (χ1n) is 5.96. The van der Waals surface area contributed by atoms with E-state index in [1.807, 2.05) is 0 Å². The second-order valence-electron chi connectivity index (χ2n) is 3.98. The Labute approximate surface area is 114 Å². The number of nitrogens with zero attached hydrogens (tertiary/aromatic N) is 2. The van der Waals surface area contributed by atoms with Crippen LogP contribution in [0.3, 0.4) is 0 Å². The fraction of sp³-hybridized carbons (Fsp3) is 0.143. The van der Waals surface area contributed by atoms with Gasteiger partial charge in [0.1, 0.15) is 6.61 Å². The summed E-state index contributed by atoms with van der Waals surface area (Å²) in [6, 6.07) is 6.08. The van der Waals surface area contributed by atoms with Crippen LogP contribution < -0.4 is 4.74 Å². The molecule has 2 rings (SSSR count). The van der Waals surface area contributed by atoms with Gasteiger partial charge in [0.25, 0.3) is 0 Å². The number of ether oxygens (including phenoxy) is 1. The first-order valence-corrected chi connectivity index (χ1v) is 5.96. The van der Waals surface area contributed by atoms with Crippen LogP contribution >= 0.6 is 0 Å². The second-order valence-corrected chi connectivity index (χ2v) is 3.98. The van der Waals surface area contributed by atoms with Crippen molar-refractivity contribution >= 4 is 12.0 Å². The number of carboxylic acid groups (broad SMARTS) is 1. The predicted molar refractivity (Wildman–Crippen MR) is 70.8 cm³/mol. The highest BCUT2D eigenvalue weighted by Gasteiger charge is 2.04. The lowest BCUT2D eigenvalue weighted by molar-refractivity contribution is -0.131. The standard InChI is InChI=1S/C14H13FN2O3/c15-12-10-11(3-5-14(18)19)2-4-13(12)20-9-8-17-7-1-6-16-17/h1-7,10H,8-9H2,(H,18,19)/b5-3+. The molecule has 2 aromatic rings. The Morgan fingerprint density at radius 1 is 1.50 bits per heavy atom. The van der Waals surface area contributed by atoms with Crippen molar-refractivity contribution in [2.75, 3.05) is 6.61 Å². The van der Waals surface area contributed by atoms with Crippen molar-refractivity contribution < 1.29 is 19.0 Å². The Hall–Kier alpha value is -2.63. The summed E-state index contributed by atoms with van der Waals surface area (Å²) in [6.07, 6.45) is 5.72. The maximum absolute atomic E-state index is 13.7. The molecule has 1 aromatic carbocycles. The number of aliphatic carboxylic acids is 1. The highest BCUT2D eigenvalue weighted by atomic mass is 19.1. The largest absolute Gasteiger partial charge is 0.489 e. The van der Waals surface area contributed by atoms with E-state index in [0.29, 0.717) is 18.7 Å². The van der Waals surface area contributed by atoms with Gasteiger partial charge in [-0.1, -0.05) is 6.07 Å². The number of carbonyl (C=O) groups is 1. The number of carboxylic acids is 1. The minimum atomic E-state index is -1.08. The average Bonchev–Trinajstić information content (AvgIpc) is 2.92. The summed E-state index contributed by atoms with van der Waals surface area (Å²) in [6.45, 7) is 0.815. The lowest BCUT2D eigenvalue weighted by atomic mass is 10.2. The van der Waals surface area contributed by atoms with Crippen LogP contribution in [0.1, 0.15) is 5.56 Å². The van der Waals surface area contributed by atoms with Crippen LogP contribution in [0.5, 0.6) is 5.75 Å². The predicted octanol–water partition coefficient (Wildman–Crippen LogP) is 2.20. The molecular weight excluding hydrogens is 263 g/mol. The monoisotopic (exact) mass is 276 g/mol. The lowest BCUT2D eigenvalue weighted by Gasteiger charge is -2.07. The molecule has 0 saturated heterocycles. The summed E-state index contributed by atoms with van der Waals surface area (Å²) in [7, 11) is 0. The van der Waals surface area contributed by atoms with Gasteiger partial charge in [-0.3, -0.25) is 4.68 Å². The van der Waals surface area contributed by atoms with E-state index < -0.39 is 11.8 Å². The zero-order valence-electron chi connectivity index (χ0n) is 10.6. The van der Waals surface area contributed by atoms with Gasteiger partial charge in [0, 0.05) is 18.5 Å². The van der Waals surface area contributed by atoms with Crippen LogP contribution in [-0.4, -0.2) is 27.5 Å². The van der Waals surface area contributed by atoms with Crippen LogP contribution in [0, 0.1) is 5.82 Å². The first kappa shape index (κ1) is 13.8. The highest BCUT2D eigenvalue weighted by Crippen LogP contribution is 2.19. The normalized spacial score (nSPS) is 10.8. The number of halogens is 1. The van der Waals surface area contributed by atoms with Crippen molar-refractivity contribution in [2.24, 2.45) is 0 Å². The van der Waals surface area contributed by atoms with E-state index >= 15 is 0 Å². The molecule has 1 heterocycles. The van der Waals surface area contributed by atoms with E-state index in [1.165, 1.54) is 18.2 Å². The summed E-state index contributed by atoms with van der Waals surface area (Å²) in [4.78, 5) is 10.4. The Bertz CT molecular complexity index is 609. The van der Waals surface area contributed by atoms with Crippen molar-refractivity contribution in [3.05, 3.63) is 54.1 Å². The fourth-order valence-electron chi connectivity index (χ4n) is 1.59. The van der Waals surface area contributed by atoms with Gasteiger partial charge in [0.05, 0.1) is 6.54 Å². The summed E-state index contributed by atoms with van der Waals surface area (Å²) in [5.41, 5.74) is 0.462. The zero-order valence-corrected chi connectivity index (χ0v) is 10.6. The molecule has 6 heteroatoms. The maximum atomic E-state index is 13.7. The average molecular weight is 276 g/mol. The van der Waals surface area contributed by atoms with Gasteiger partial charge < -0.3 is 9.84 Å². The molecule has 0 amide bonds. The molecule has 0 fully saturated rings. The van der Waals surface area contributed by atoms with Gasteiger partial charge in [-0.05, 0) is 29.8 Å². The molecule has 0 spiro atoms. The molecule has 0 aliphatic rings. The van der Waals surface area contributed by atoms with Gasteiger partial charge in [-0.15, -0.1) is 0 Å². The number of hydrogen-bond donors (Lipinski definition) is 1. The van der Waals surface area contributed by atoms with Gasteiger partial charge in [-0.25, -0.2) is 9.18 Å². The molecule has 5 nitrogen and oxygen atoms in total. The van der Waals surface area contributed by atoms with Crippen LogP contribution in [0.2, 0.25) is 0 Å². The topological polar surface area (TPSA) is 64.3 Å². The highest BCUT2D eigenvalue weighted by molar-refractivity contribution is 5.85. The molecule has 0 unspecified atom stereocenters. The SMILES string of the molecule is O=C(O)/C=C/c1ccc(OCCn2cccn2)c(F)c1. The van der Waals surface area contributed by atoms with Gasteiger partial charge in [0.15, 0.2) is 11.6 Å². The molecule has 0 bridgehead atoms. The third-order valence-corrected chi connectivity index (χ3v) is 2.51. The Kier molecular flexibility index (Phi) is 4.49. The molecule has 0 saturated carbocycles. The van der Waals surface area contributed by atoms with E-state index in [-0.39, 0.29) is 5.75 Å². The van der Waals surface area contributed by atoms with Gasteiger partial charge >= 0.3 is 5.97 Å². The Morgan fingerprint density at radius 2 is 2.35 bits per heavy atom. The van der Waals surface area contributed by atoms with Gasteiger partial charge in [-0.2, -0.15) is 5.10 Å². The van der Waals surface area contributed by atoms with E-state index in [2.05, 4.69) is 5.10 Å². The number of hydrogen-bond acceptors (Lipinski definition) is 3. The van der Waals surface area contributed by atoms with E-state index in [1.54, 1.807) is 29.2 Å². The molecular formula is C14H13FN2O3. The summed E-state index contributed by atoms with van der Waals surface area (Å²) in [5.74, 6) is -1.48. The third-order valence-electron chi connectivity index (χ3n) is 2.51. The second kappa shape index (κ2) is 6.51. The third kappa shape index (κ3) is 3.94. The van der Waals surface area contributed by atoms with Crippen molar-refractivity contribution in [2.45, 2.75) is 6.54 Å². The summed E-state index contributed by atoms with van der Waals surface area (Å²) < 4.78 is 20.7. The molecule has 104 valence electrons. The van der Waals surface area contributed by atoms with Crippen LogP contribution in [-0.2, 0) is 11.3 Å². The van der Waals surface area contributed by atoms with Gasteiger partial charge in [0.2, 0.25) is 0 Å². The molecule has 0 atom stereocenters. The van der Waals surface area contributed by atoms with E-state index in [9.17, 15) is 9.18 Å². The first-order chi connectivity index (χ1) is 9.65. The number of aromatic nitrogens is 2. The molecule has 1 aromatic heterocycles. The molecule has 1 N–H and O–H groups in total. The summed E-state index contributed by atoms with van der Waals surface area (Å²) >= 11 is 0. The Balaban J connectivity index is 1.93.